The third kappa shape index (κ3) is 7.79. The van der Waals surface area contributed by atoms with Crippen LogP contribution in [-0.4, -0.2) is 47.5 Å². The van der Waals surface area contributed by atoms with Gasteiger partial charge in [-0.2, -0.15) is 0 Å². The summed E-state index contributed by atoms with van der Waals surface area (Å²) in [5.41, 5.74) is 2.44. The second-order valence-corrected chi connectivity index (χ2v) is 12.0. The number of amides is 2. The number of non-ortho nitro benzene ring substituents is 1. The molecule has 218 valence electrons. The largest absolute Gasteiger partial charge is 0.322 e. The first-order chi connectivity index (χ1) is 20.7. The van der Waals surface area contributed by atoms with E-state index in [4.69, 9.17) is 0 Å². The van der Waals surface area contributed by atoms with Crippen LogP contribution >= 0.6 is 34.9 Å². The van der Waals surface area contributed by atoms with Crippen LogP contribution in [0.1, 0.15) is 15.9 Å². The zero-order valence-electron chi connectivity index (χ0n) is 22.3. The van der Waals surface area contributed by atoms with Gasteiger partial charge >= 0.3 is 0 Å². The van der Waals surface area contributed by atoms with Gasteiger partial charge in [-0.15, -0.1) is 20.4 Å². The van der Waals surface area contributed by atoms with E-state index < -0.39 is 10.8 Å². The van der Waals surface area contributed by atoms with Gasteiger partial charge < -0.3 is 9.88 Å². The molecular formula is C27H21FN8O4S3. The van der Waals surface area contributed by atoms with Gasteiger partial charge in [0, 0.05) is 41.7 Å². The van der Waals surface area contributed by atoms with E-state index in [0.717, 1.165) is 11.1 Å². The molecular weight excluding hydrogens is 616 g/mol. The Hall–Kier alpha value is -4.67. The Balaban J connectivity index is 1.11. The van der Waals surface area contributed by atoms with Crippen LogP contribution in [0.3, 0.4) is 0 Å². The topological polar surface area (TPSA) is 158 Å². The lowest BCUT2D eigenvalue weighted by molar-refractivity contribution is -0.384. The summed E-state index contributed by atoms with van der Waals surface area (Å²) < 4.78 is 15.5. The maximum Gasteiger partial charge on any atom is 0.269 e. The Morgan fingerprint density at radius 2 is 1.65 bits per heavy atom. The Morgan fingerprint density at radius 3 is 2.35 bits per heavy atom. The number of nitrogens with zero attached hydrogens (tertiary/aromatic N) is 6. The molecule has 0 aliphatic carbocycles. The van der Waals surface area contributed by atoms with E-state index in [1.165, 1.54) is 71.3 Å². The van der Waals surface area contributed by atoms with E-state index in [0.29, 0.717) is 37.5 Å². The van der Waals surface area contributed by atoms with Crippen LogP contribution in [0.4, 0.5) is 20.9 Å². The van der Waals surface area contributed by atoms with Crippen molar-refractivity contribution < 1.29 is 18.9 Å². The minimum atomic E-state index is -0.526. The second-order valence-electron chi connectivity index (χ2n) is 8.83. The molecule has 2 aromatic heterocycles. The van der Waals surface area contributed by atoms with Crippen molar-refractivity contribution >= 4 is 63.2 Å². The van der Waals surface area contributed by atoms with Gasteiger partial charge in [-0.05, 0) is 54.1 Å². The fourth-order valence-corrected chi connectivity index (χ4v) is 6.10. The molecule has 0 radical (unpaired) electrons. The standard InChI is InChI=1S/C27H21FN8O4S3/c1-35-23(17-4-10-20(11-5-17)29-24(38)18-6-12-21(13-7-18)36(39)40)31-33-26(35)41-15-22(37)30-25-32-34-27(43-25)42-14-16-2-8-19(28)9-3-16/h2-13H,14-15H2,1H3,(H,29,38)(H,30,32,37). The molecule has 0 aliphatic rings. The minimum Gasteiger partial charge on any atom is -0.322 e. The molecule has 5 aromatic rings. The van der Waals surface area contributed by atoms with Crippen molar-refractivity contribution in [3.05, 3.63) is 99.9 Å². The first kappa shape index (κ1) is 29.8. The number of hydrogen-bond acceptors (Lipinski definition) is 11. The molecule has 2 N–H and O–H groups in total. The zero-order chi connectivity index (χ0) is 30.3. The van der Waals surface area contributed by atoms with E-state index in [2.05, 4.69) is 31.0 Å². The van der Waals surface area contributed by atoms with Crippen molar-refractivity contribution in [1.29, 1.82) is 0 Å². The third-order valence-electron chi connectivity index (χ3n) is 5.84. The van der Waals surface area contributed by atoms with Crippen LogP contribution in [0, 0.1) is 15.9 Å². The predicted octanol–water partition coefficient (Wildman–Crippen LogP) is 5.66. The van der Waals surface area contributed by atoms with Gasteiger partial charge in [-0.25, -0.2) is 4.39 Å². The normalized spacial score (nSPS) is 10.8. The van der Waals surface area contributed by atoms with Crippen LogP contribution in [0.2, 0.25) is 0 Å². The lowest BCUT2D eigenvalue weighted by atomic mass is 10.1. The molecule has 0 unspecified atom stereocenters. The van der Waals surface area contributed by atoms with Crippen LogP contribution in [0.5, 0.6) is 0 Å². The Morgan fingerprint density at radius 1 is 0.930 bits per heavy atom. The molecule has 0 saturated carbocycles. The summed E-state index contributed by atoms with van der Waals surface area (Å²) in [6.45, 7) is 0. The van der Waals surface area contributed by atoms with Gasteiger partial charge in [0.25, 0.3) is 11.6 Å². The number of nitro groups is 1. The monoisotopic (exact) mass is 636 g/mol. The third-order valence-corrected chi connectivity index (χ3v) is 8.90. The van der Waals surface area contributed by atoms with Crippen molar-refractivity contribution in [2.45, 2.75) is 15.2 Å². The average molecular weight is 637 g/mol. The van der Waals surface area contributed by atoms with Gasteiger partial charge in [0.05, 0.1) is 10.7 Å². The molecule has 2 amide bonds. The highest BCUT2D eigenvalue weighted by Crippen LogP contribution is 2.29. The number of halogens is 1. The number of carbonyl (C=O) groups is 2. The summed E-state index contributed by atoms with van der Waals surface area (Å²) in [6.07, 6.45) is 0. The van der Waals surface area contributed by atoms with Gasteiger partial charge in [0.2, 0.25) is 11.0 Å². The van der Waals surface area contributed by atoms with E-state index in [1.807, 2.05) is 0 Å². The molecule has 0 saturated heterocycles. The van der Waals surface area contributed by atoms with Gasteiger partial charge in [0.1, 0.15) is 5.82 Å². The van der Waals surface area contributed by atoms with Crippen molar-refractivity contribution in [3.63, 3.8) is 0 Å². The van der Waals surface area contributed by atoms with E-state index in [9.17, 15) is 24.1 Å². The molecule has 5 rings (SSSR count). The highest BCUT2D eigenvalue weighted by atomic mass is 32.2. The Bertz CT molecular complexity index is 1760. The van der Waals surface area contributed by atoms with Crippen LogP contribution in [-0.2, 0) is 17.6 Å². The number of anilines is 2. The second kappa shape index (κ2) is 13.5. The van der Waals surface area contributed by atoms with Gasteiger partial charge in [0.15, 0.2) is 15.3 Å². The first-order valence-electron chi connectivity index (χ1n) is 12.4. The fourth-order valence-electron chi connectivity index (χ4n) is 3.66. The number of nitrogens with one attached hydrogen (secondary N) is 2. The molecule has 0 fully saturated rings. The molecule has 0 atom stereocenters. The Kier molecular flexibility index (Phi) is 9.38. The Labute approximate surface area is 256 Å². The number of benzene rings is 3. The maximum absolute atomic E-state index is 13.1. The molecule has 0 bridgehead atoms. The smallest absolute Gasteiger partial charge is 0.269 e. The molecule has 3 aromatic carbocycles. The van der Waals surface area contributed by atoms with Crippen LogP contribution in [0.25, 0.3) is 11.4 Å². The summed E-state index contributed by atoms with van der Waals surface area (Å²) in [6, 6.07) is 18.5. The number of thioether (sulfide) groups is 2. The van der Waals surface area contributed by atoms with Crippen molar-refractivity contribution in [3.8, 4) is 11.4 Å². The van der Waals surface area contributed by atoms with Crippen molar-refractivity contribution in [2.24, 2.45) is 7.05 Å². The highest BCUT2D eigenvalue weighted by molar-refractivity contribution is 8.00. The average Bonchev–Trinajstić information content (AvgIpc) is 3.61. The van der Waals surface area contributed by atoms with E-state index >= 15 is 0 Å². The molecule has 0 spiro atoms. The number of rotatable bonds is 11. The van der Waals surface area contributed by atoms with Gasteiger partial charge in [-0.3, -0.25) is 25.0 Å². The predicted molar refractivity (Wildman–Crippen MR) is 163 cm³/mol. The molecule has 2 heterocycles. The van der Waals surface area contributed by atoms with Crippen LogP contribution in [0.15, 0.2) is 82.3 Å². The lowest BCUT2D eigenvalue weighted by Crippen LogP contribution is -2.14. The van der Waals surface area contributed by atoms with Crippen LogP contribution < -0.4 is 10.6 Å². The fraction of sp³-hybridized carbons (Fsp3) is 0.111. The quantitative estimate of drug-likeness (QED) is 0.0802. The van der Waals surface area contributed by atoms with Gasteiger partial charge in [-0.1, -0.05) is 47.0 Å². The van der Waals surface area contributed by atoms with E-state index in [-0.39, 0.29) is 23.2 Å². The van der Waals surface area contributed by atoms with Crippen molar-refractivity contribution in [2.75, 3.05) is 16.4 Å². The summed E-state index contributed by atoms with van der Waals surface area (Å²) in [4.78, 5) is 35.3. The number of carbonyl (C=O) groups excluding carboxylic acids is 2. The number of aromatic nitrogens is 5. The first-order valence-corrected chi connectivity index (χ1v) is 15.2. The lowest BCUT2D eigenvalue weighted by Gasteiger charge is -2.07. The summed E-state index contributed by atoms with van der Waals surface area (Å²) in [5, 5.41) is 33.7. The summed E-state index contributed by atoms with van der Waals surface area (Å²) in [5.74, 6) is 0.304. The summed E-state index contributed by atoms with van der Waals surface area (Å²) in [7, 11) is 1.79. The minimum absolute atomic E-state index is 0.0806. The number of hydrogen-bond donors (Lipinski definition) is 2. The molecule has 12 nitrogen and oxygen atoms in total. The molecule has 43 heavy (non-hydrogen) atoms. The van der Waals surface area contributed by atoms with E-state index in [1.54, 1.807) is 48.0 Å². The number of nitro benzene ring substituents is 1. The SMILES string of the molecule is Cn1c(SCC(=O)Nc2nnc(SCc3ccc(F)cc3)s2)nnc1-c1ccc(NC(=O)c2ccc([N+](=O)[O-])cc2)cc1. The maximum atomic E-state index is 13.1. The summed E-state index contributed by atoms with van der Waals surface area (Å²) >= 11 is 3.92. The molecule has 16 heteroatoms. The zero-order valence-corrected chi connectivity index (χ0v) is 24.7. The highest BCUT2D eigenvalue weighted by Gasteiger charge is 2.15. The molecule has 0 aliphatic heterocycles. The van der Waals surface area contributed by atoms with Crippen molar-refractivity contribution in [1.82, 2.24) is 25.0 Å².